The Bertz CT molecular complexity index is 339. The molecule has 0 aliphatic rings. The number of hydrogen-bond donors (Lipinski definition) is 0. The summed E-state index contributed by atoms with van der Waals surface area (Å²) in [5, 5.41) is 0. The van der Waals surface area contributed by atoms with Gasteiger partial charge in [0.05, 0.1) is 7.11 Å². The summed E-state index contributed by atoms with van der Waals surface area (Å²) in [5.41, 5.74) is 1.23. The van der Waals surface area contributed by atoms with Gasteiger partial charge in [-0.05, 0) is 38.6 Å². The second-order valence-corrected chi connectivity index (χ2v) is 5.03. The van der Waals surface area contributed by atoms with Crippen molar-refractivity contribution < 1.29 is 4.74 Å². The van der Waals surface area contributed by atoms with E-state index in [-0.39, 0.29) is 0 Å². The van der Waals surface area contributed by atoms with Crippen LogP contribution >= 0.6 is 15.9 Å². The summed E-state index contributed by atoms with van der Waals surface area (Å²) in [4.78, 5) is 2.41. The van der Waals surface area contributed by atoms with Gasteiger partial charge in [0.25, 0.3) is 0 Å². The molecule has 0 amide bonds. The zero-order valence-corrected chi connectivity index (χ0v) is 12.0. The van der Waals surface area contributed by atoms with E-state index < -0.39 is 0 Å². The first kappa shape index (κ1) is 13.5. The predicted molar refractivity (Wildman–Crippen MR) is 71.9 cm³/mol. The van der Waals surface area contributed by atoms with Crippen molar-refractivity contribution in [3.63, 3.8) is 0 Å². The minimum Gasteiger partial charge on any atom is -0.496 e. The van der Waals surface area contributed by atoms with Crippen molar-refractivity contribution in [1.82, 2.24) is 4.90 Å². The monoisotopic (exact) mass is 285 g/mol. The van der Waals surface area contributed by atoms with Gasteiger partial charge >= 0.3 is 0 Å². The second kappa shape index (κ2) is 6.26. The highest BCUT2D eigenvalue weighted by molar-refractivity contribution is 9.10. The van der Waals surface area contributed by atoms with Crippen LogP contribution in [0, 0.1) is 0 Å². The molecule has 2 nitrogen and oxygen atoms in total. The summed E-state index contributed by atoms with van der Waals surface area (Å²) >= 11 is 3.50. The van der Waals surface area contributed by atoms with E-state index in [2.05, 4.69) is 47.7 Å². The highest BCUT2D eigenvalue weighted by Crippen LogP contribution is 2.24. The van der Waals surface area contributed by atoms with Crippen molar-refractivity contribution in [1.29, 1.82) is 0 Å². The Hall–Kier alpha value is -0.540. The molecule has 0 atom stereocenters. The van der Waals surface area contributed by atoms with E-state index in [1.807, 2.05) is 12.1 Å². The third-order valence-electron chi connectivity index (χ3n) is 2.75. The van der Waals surface area contributed by atoms with Gasteiger partial charge in [-0.2, -0.15) is 0 Å². The SMILES string of the molecule is CCN(Cc1cc(Br)ccc1OC)C(C)C. The van der Waals surface area contributed by atoms with Gasteiger partial charge in [0.1, 0.15) is 5.75 Å². The van der Waals surface area contributed by atoms with Crippen molar-refractivity contribution >= 4 is 15.9 Å². The Morgan fingerprint density at radius 2 is 2.06 bits per heavy atom. The molecule has 3 heteroatoms. The largest absolute Gasteiger partial charge is 0.496 e. The van der Waals surface area contributed by atoms with E-state index in [9.17, 15) is 0 Å². The minimum atomic E-state index is 0.550. The fraction of sp³-hybridized carbons (Fsp3) is 0.538. The predicted octanol–water partition coefficient (Wildman–Crippen LogP) is 3.69. The summed E-state index contributed by atoms with van der Waals surface area (Å²) in [6.45, 7) is 8.59. The van der Waals surface area contributed by atoms with Crippen LogP contribution < -0.4 is 4.74 Å². The molecule has 0 N–H and O–H groups in total. The highest BCUT2D eigenvalue weighted by atomic mass is 79.9. The summed E-state index contributed by atoms with van der Waals surface area (Å²) < 4.78 is 6.48. The number of rotatable bonds is 5. The molecule has 0 unspecified atom stereocenters. The van der Waals surface area contributed by atoms with Gasteiger partial charge in [-0.1, -0.05) is 22.9 Å². The van der Waals surface area contributed by atoms with Crippen LogP contribution in [-0.2, 0) is 6.54 Å². The van der Waals surface area contributed by atoms with E-state index in [1.165, 1.54) is 5.56 Å². The minimum absolute atomic E-state index is 0.550. The molecule has 0 radical (unpaired) electrons. The topological polar surface area (TPSA) is 12.5 Å². The molecule has 1 rings (SSSR count). The molecule has 0 saturated heterocycles. The van der Waals surface area contributed by atoms with Crippen molar-refractivity contribution in [3.05, 3.63) is 28.2 Å². The first-order valence-corrected chi connectivity index (χ1v) is 6.44. The maximum absolute atomic E-state index is 5.38. The summed E-state index contributed by atoms with van der Waals surface area (Å²) in [7, 11) is 1.72. The first-order chi connectivity index (χ1) is 7.58. The van der Waals surface area contributed by atoms with E-state index in [0.717, 1.165) is 23.3 Å². The van der Waals surface area contributed by atoms with E-state index in [4.69, 9.17) is 4.74 Å². The smallest absolute Gasteiger partial charge is 0.123 e. The quantitative estimate of drug-likeness (QED) is 0.818. The molecule has 0 heterocycles. The Morgan fingerprint density at radius 1 is 1.38 bits per heavy atom. The Balaban J connectivity index is 2.89. The van der Waals surface area contributed by atoms with E-state index in [0.29, 0.717) is 6.04 Å². The Labute approximate surface area is 107 Å². The van der Waals surface area contributed by atoms with E-state index >= 15 is 0 Å². The van der Waals surface area contributed by atoms with Crippen molar-refractivity contribution in [2.75, 3.05) is 13.7 Å². The number of methoxy groups -OCH3 is 1. The first-order valence-electron chi connectivity index (χ1n) is 5.65. The van der Waals surface area contributed by atoms with Crippen LogP contribution in [0.3, 0.4) is 0 Å². The van der Waals surface area contributed by atoms with Gasteiger partial charge in [0.2, 0.25) is 0 Å². The Kier molecular flexibility index (Phi) is 5.29. The molecular formula is C13H20BrNO. The molecule has 0 saturated carbocycles. The number of nitrogens with zero attached hydrogens (tertiary/aromatic N) is 1. The Morgan fingerprint density at radius 3 is 2.56 bits per heavy atom. The molecule has 0 fully saturated rings. The van der Waals surface area contributed by atoms with Crippen molar-refractivity contribution in [2.24, 2.45) is 0 Å². The van der Waals surface area contributed by atoms with Crippen LogP contribution in [0.15, 0.2) is 22.7 Å². The molecule has 1 aromatic rings. The van der Waals surface area contributed by atoms with Gasteiger partial charge in [0, 0.05) is 22.6 Å². The zero-order chi connectivity index (χ0) is 12.1. The fourth-order valence-corrected chi connectivity index (χ4v) is 2.16. The van der Waals surface area contributed by atoms with Crippen LogP contribution in [-0.4, -0.2) is 24.6 Å². The van der Waals surface area contributed by atoms with Crippen molar-refractivity contribution in [3.8, 4) is 5.75 Å². The maximum Gasteiger partial charge on any atom is 0.123 e. The lowest BCUT2D eigenvalue weighted by Crippen LogP contribution is -2.30. The molecule has 0 aromatic heterocycles. The number of halogens is 1. The third-order valence-corrected chi connectivity index (χ3v) is 3.25. The van der Waals surface area contributed by atoms with Crippen LogP contribution in [0.2, 0.25) is 0 Å². The third kappa shape index (κ3) is 3.49. The van der Waals surface area contributed by atoms with Crippen molar-refractivity contribution in [2.45, 2.75) is 33.4 Å². The molecule has 90 valence electrons. The molecule has 0 aliphatic carbocycles. The standard InChI is InChI=1S/C13H20BrNO/c1-5-15(10(2)3)9-11-8-12(14)6-7-13(11)16-4/h6-8,10H,5,9H2,1-4H3. The lowest BCUT2D eigenvalue weighted by Gasteiger charge is -2.25. The van der Waals surface area contributed by atoms with Crippen LogP contribution in [0.1, 0.15) is 26.3 Å². The maximum atomic E-state index is 5.38. The summed E-state index contributed by atoms with van der Waals surface area (Å²) in [5.74, 6) is 0.960. The molecule has 0 aliphatic heterocycles. The molecule has 0 bridgehead atoms. The van der Waals surface area contributed by atoms with Gasteiger partial charge in [-0.15, -0.1) is 0 Å². The zero-order valence-electron chi connectivity index (χ0n) is 10.5. The van der Waals surface area contributed by atoms with Gasteiger partial charge in [-0.3, -0.25) is 4.90 Å². The van der Waals surface area contributed by atoms with Crippen LogP contribution in [0.5, 0.6) is 5.75 Å². The fourth-order valence-electron chi connectivity index (χ4n) is 1.75. The lowest BCUT2D eigenvalue weighted by molar-refractivity contribution is 0.222. The average molecular weight is 286 g/mol. The molecule has 0 spiro atoms. The van der Waals surface area contributed by atoms with Gasteiger partial charge in [0.15, 0.2) is 0 Å². The molecular weight excluding hydrogens is 266 g/mol. The van der Waals surface area contributed by atoms with Crippen LogP contribution in [0.25, 0.3) is 0 Å². The molecule has 16 heavy (non-hydrogen) atoms. The average Bonchev–Trinajstić information content (AvgIpc) is 2.25. The summed E-state index contributed by atoms with van der Waals surface area (Å²) in [6, 6.07) is 6.69. The highest BCUT2D eigenvalue weighted by Gasteiger charge is 2.11. The summed E-state index contributed by atoms with van der Waals surface area (Å²) in [6.07, 6.45) is 0. The van der Waals surface area contributed by atoms with E-state index in [1.54, 1.807) is 7.11 Å². The van der Waals surface area contributed by atoms with Crippen LogP contribution in [0.4, 0.5) is 0 Å². The molecule has 1 aromatic carbocycles. The van der Waals surface area contributed by atoms with Gasteiger partial charge < -0.3 is 4.74 Å². The lowest BCUT2D eigenvalue weighted by atomic mass is 10.1. The second-order valence-electron chi connectivity index (χ2n) is 4.11. The number of hydrogen-bond acceptors (Lipinski definition) is 2. The normalized spacial score (nSPS) is 11.2. The number of ether oxygens (including phenoxy) is 1. The van der Waals surface area contributed by atoms with Gasteiger partial charge in [-0.25, -0.2) is 0 Å². The number of benzene rings is 1.